The Hall–Kier alpha value is -4.40. The van der Waals surface area contributed by atoms with Crippen molar-refractivity contribution in [2.75, 3.05) is 0 Å². The first-order chi connectivity index (χ1) is 18.3. The lowest BCUT2D eigenvalue weighted by Gasteiger charge is -2.34. The summed E-state index contributed by atoms with van der Waals surface area (Å²) in [5.74, 6) is 0. The molecule has 1 unspecified atom stereocenters. The van der Waals surface area contributed by atoms with Crippen LogP contribution in [0.25, 0.3) is 33.0 Å². The predicted octanol–water partition coefficient (Wildman–Crippen LogP) is 6.84. The van der Waals surface area contributed by atoms with Crippen LogP contribution in [0.15, 0.2) is 140 Å². The van der Waals surface area contributed by atoms with Gasteiger partial charge in [-0.15, -0.1) is 0 Å². The van der Waals surface area contributed by atoms with Crippen LogP contribution in [0.1, 0.15) is 22.3 Å². The molecule has 1 nitrogen and oxygen atoms in total. The number of hydrogen-bond acceptors (Lipinski definition) is 1. The molecule has 1 aliphatic carbocycles. The summed E-state index contributed by atoms with van der Waals surface area (Å²) in [6.45, 7) is 0. The van der Waals surface area contributed by atoms with Crippen molar-refractivity contribution in [2.24, 2.45) is 0 Å². The Morgan fingerprint density at radius 2 is 1.11 bits per heavy atom. The lowest BCUT2D eigenvalue weighted by Crippen LogP contribution is -2.28. The molecule has 1 atom stereocenters. The van der Waals surface area contributed by atoms with Gasteiger partial charge in [0.05, 0.1) is 5.41 Å². The molecular formula is C35H25BO. The molecule has 1 N–H and O–H groups in total. The second kappa shape index (κ2) is 8.62. The van der Waals surface area contributed by atoms with Crippen molar-refractivity contribution >= 4 is 23.7 Å². The highest BCUT2D eigenvalue weighted by molar-refractivity contribution is 6.45. The Morgan fingerprint density at radius 1 is 0.486 bits per heavy atom. The maximum atomic E-state index is 9.42. The first-order valence-corrected chi connectivity index (χ1v) is 12.8. The van der Waals surface area contributed by atoms with E-state index in [-0.39, 0.29) is 7.48 Å². The summed E-state index contributed by atoms with van der Waals surface area (Å²) in [5, 5.41) is 12.0. The summed E-state index contributed by atoms with van der Waals surface area (Å²) in [5.41, 5.74) is 10.7. The smallest absolute Gasteiger partial charge is 0.304 e. The van der Waals surface area contributed by atoms with Gasteiger partial charge in [-0.05, 0) is 55.3 Å². The molecule has 1 aliphatic rings. The van der Waals surface area contributed by atoms with Crippen LogP contribution in [0.2, 0.25) is 0 Å². The summed E-state index contributed by atoms with van der Waals surface area (Å²) >= 11 is 0. The molecule has 0 aromatic heterocycles. The van der Waals surface area contributed by atoms with E-state index in [0.29, 0.717) is 0 Å². The van der Waals surface area contributed by atoms with Gasteiger partial charge in [-0.3, -0.25) is 0 Å². The molecule has 0 saturated carbocycles. The minimum absolute atomic E-state index is 0.0618. The Labute approximate surface area is 218 Å². The molecule has 2 heteroatoms. The molecule has 0 heterocycles. The first-order valence-electron chi connectivity index (χ1n) is 12.8. The van der Waals surface area contributed by atoms with Crippen molar-refractivity contribution in [3.8, 4) is 22.3 Å². The van der Waals surface area contributed by atoms with E-state index in [2.05, 4.69) is 127 Å². The van der Waals surface area contributed by atoms with E-state index < -0.39 is 5.41 Å². The van der Waals surface area contributed by atoms with Crippen molar-refractivity contribution in [1.82, 2.24) is 0 Å². The fraction of sp³-hybridized carbons (Fsp3) is 0.0286. The van der Waals surface area contributed by atoms with Crippen LogP contribution in [-0.2, 0) is 5.41 Å². The number of hydrogen-bond donors (Lipinski definition) is 1. The molecule has 6 aromatic carbocycles. The predicted molar refractivity (Wildman–Crippen MR) is 156 cm³/mol. The van der Waals surface area contributed by atoms with Gasteiger partial charge in [-0.1, -0.05) is 145 Å². The Morgan fingerprint density at radius 3 is 1.86 bits per heavy atom. The summed E-state index contributed by atoms with van der Waals surface area (Å²) in [6.07, 6.45) is 0. The first kappa shape index (κ1) is 21.9. The molecule has 37 heavy (non-hydrogen) atoms. The molecule has 0 bridgehead atoms. The highest BCUT2D eigenvalue weighted by atomic mass is 16.2. The molecule has 0 saturated heterocycles. The summed E-state index contributed by atoms with van der Waals surface area (Å²) in [6, 6.07) is 50.4. The van der Waals surface area contributed by atoms with E-state index >= 15 is 0 Å². The molecule has 6 aromatic rings. The third-order valence-electron chi connectivity index (χ3n) is 7.93. The molecule has 0 aliphatic heterocycles. The van der Waals surface area contributed by atoms with E-state index in [1.54, 1.807) is 0 Å². The second-order valence-corrected chi connectivity index (χ2v) is 9.80. The van der Waals surface area contributed by atoms with Gasteiger partial charge in [0.1, 0.15) is 0 Å². The van der Waals surface area contributed by atoms with Gasteiger partial charge in [-0.25, -0.2) is 0 Å². The average molecular weight is 472 g/mol. The zero-order chi connectivity index (χ0) is 24.8. The molecule has 0 spiro atoms. The minimum atomic E-state index is -0.406. The van der Waals surface area contributed by atoms with Crippen LogP contribution in [0.4, 0.5) is 0 Å². The maximum Gasteiger partial charge on any atom is 0.304 e. The Bertz CT molecular complexity index is 1740. The van der Waals surface area contributed by atoms with Crippen molar-refractivity contribution in [3.63, 3.8) is 0 Å². The van der Waals surface area contributed by atoms with E-state index in [1.165, 1.54) is 49.7 Å². The molecular weight excluding hydrogens is 447 g/mol. The fourth-order valence-electron chi connectivity index (χ4n) is 6.24. The van der Waals surface area contributed by atoms with Gasteiger partial charge in [0.2, 0.25) is 0 Å². The molecule has 0 fully saturated rings. The molecule has 0 radical (unpaired) electrons. The van der Waals surface area contributed by atoms with E-state index in [0.717, 1.165) is 11.0 Å². The van der Waals surface area contributed by atoms with Gasteiger partial charge in [0, 0.05) is 0 Å². The number of benzene rings is 6. The molecule has 174 valence electrons. The minimum Gasteiger partial charge on any atom is -0.449 e. The van der Waals surface area contributed by atoms with Crippen LogP contribution >= 0.6 is 0 Å². The van der Waals surface area contributed by atoms with Crippen molar-refractivity contribution in [1.29, 1.82) is 0 Å². The lowest BCUT2D eigenvalue weighted by atomic mass is 9.67. The van der Waals surface area contributed by atoms with Gasteiger partial charge < -0.3 is 5.02 Å². The SMILES string of the molecule is OBc1ccc(-c2ccc(C3(c4ccccc4)c4ccccc4-c4c3ccc3ccccc43)cc2)cc1. The zero-order valence-corrected chi connectivity index (χ0v) is 20.4. The van der Waals surface area contributed by atoms with Crippen LogP contribution in [-0.4, -0.2) is 12.5 Å². The topological polar surface area (TPSA) is 20.2 Å². The fourth-order valence-corrected chi connectivity index (χ4v) is 6.24. The third-order valence-corrected chi connectivity index (χ3v) is 7.93. The number of fused-ring (bicyclic) bond motifs is 5. The van der Waals surface area contributed by atoms with Crippen molar-refractivity contribution in [3.05, 3.63) is 162 Å². The largest absolute Gasteiger partial charge is 0.449 e. The summed E-state index contributed by atoms with van der Waals surface area (Å²) in [4.78, 5) is 0. The van der Waals surface area contributed by atoms with E-state index in [1.807, 2.05) is 12.1 Å². The number of rotatable bonds is 4. The molecule has 7 rings (SSSR count). The van der Waals surface area contributed by atoms with E-state index in [4.69, 9.17) is 0 Å². The third kappa shape index (κ3) is 3.23. The van der Waals surface area contributed by atoms with E-state index in [9.17, 15) is 5.02 Å². The van der Waals surface area contributed by atoms with Crippen LogP contribution in [0.5, 0.6) is 0 Å². The van der Waals surface area contributed by atoms with Crippen molar-refractivity contribution < 1.29 is 5.02 Å². The zero-order valence-electron chi connectivity index (χ0n) is 20.4. The normalized spacial score (nSPS) is 15.8. The van der Waals surface area contributed by atoms with Gasteiger partial charge in [0.25, 0.3) is 0 Å². The Kier molecular flexibility index (Phi) is 5.09. The highest BCUT2D eigenvalue weighted by Gasteiger charge is 2.46. The Balaban J connectivity index is 1.51. The van der Waals surface area contributed by atoms with Gasteiger partial charge >= 0.3 is 7.48 Å². The van der Waals surface area contributed by atoms with Gasteiger partial charge in [0.15, 0.2) is 0 Å². The van der Waals surface area contributed by atoms with Crippen LogP contribution < -0.4 is 5.46 Å². The summed E-state index contributed by atoms with van der Waals surface area (Å²) in [7, 11) is 0.0618. The standard InChI is InChI=1S/C35H25BO/c37-36-29-21-16-25(17-22-29)24-14-19-28(20-15-24)35(27-9-2-1-3-10-27)32-13-7-6-12-31(32)34-30-11-5-4-8-26(30)18-23-33(34)35/h1-23,36-37H. The monoisotopic (exact) mass is 472 g/mol. The van der Waals surface area contributed by atoms with Crippen molar-refractivity contribution in [2.45, 2.75) is 5.41 Å². The van der Waals surface area contributed by atoms with Crippen LogP contribution in [0.3, 0.4) is 0 Å². The lowest BCUT2D eigenvalue weighted by molar-refractivity contribution is 0.615. The quantitative estimate of drug-likeness (QED) is 0.278. The molecule has 0 amide bonds. The maximum absolute atomic E-state index is 9.42. The van der Waals surface area contributed by atoms with Gasteiger partial charge in [-0.2, -0.15) is 0 Å². The summed E-state index contributed by atoms with van der Waals surface area (Å²) < 4.78 is 0. The van der Waals surface area contributed by atoms with Crippen LogP contribution in [0, 0.1) is 0 Å². The second-order valence-electron chi connectivity index (χ2n) is 9.80. The average Bonchev–Trinajstić information content (AvgIpc) is 3.29. The highest BCUT2D eigenvalue weighted by Crippen LogP contribution is 2.57.